The molecule has 0 spiro atoms. The summed E-state index contributed by atoms with van der Waals surface area (Å²) in [6.07, 6.45) is 0. The molecule has 5 nitrogen and oxygen atoms in total. The van der Waals surface area contributed by atoms with E-state index in [-0.39, 0.29) is 10.6 Å². The van der Waals surface area contributed by atoms with Crippen molar-refractivity contribution in [3.05, 3.63) is 72.8 Å². The molecule has 3 aromatic carbocycles. The van der Waals surface area contributed by atoms with Crippen LogP contribution in [0.25, 0.3) is 33.3 Å². The first-order valence-corrected chi connectivity index (χ1v) is 9.51. The van der Waals surface area contributed by atoms with Gasteiger partial charge in [-0.15, -0.1) is 0 Å². The van der Waals surface area contributed by atoms with Gasteiger partial charge < -0.3 is 10.1 Å². The molecule has 0 amide bonds. The van der Waals surface area contributed by atoms with Crippen LogP contribution in [-0.4, -0.2) is 18.5 Å². The molecule has 0 aliphatic heterocycles. The molecule has 0 aliphatic rings. The number of nitrogens with two attached hydrogens (primary N) is 1. The minimum atomic E-state index is -3.73. The van der Waals surface area contributed by atoms with Crippen molar-refractivity contribution in [1.29, 1.82) is 0 Å². The van der Waals surface area contributed by atoms with Crippen LogP contribution in [0.1, 0.15) is 0 Å². The number of aromatic hydroxyl groups is 1. The average molecular weight is 364 g/mol. The monoisotopic (exact) mass is 364 g/mol. The van der Waals surface area contributed by atoms with Gasteiger partial charge in [-0.05, 0) is 41.5 Å². The molecule has 4 N–H and O–H groups in total. The number of hydrogen-bond acceptors (Lipinski definition) is 3. The van der Waals surface area contributed by atoms with Crippen molar-refractivity contribution in [1.82, 2.24) is 4.98 Å². The van der Waals surface area contributed by atoms with E-state index < -0.39 is 10.0 Å². The number of benzene rings is 3. The number of phenolic OH excluding ortho intramolecular Hbond substituents is 1. The molecule has 0 bridgehead atoms. The summed E-state index contributed by atoms with van der Waals surface area (Å²) in [5.74, 6) is 0.202. The Hall–Kier alpha value is -3.09. The number of para-hydroxylation sites is 1. The molecule has 0 aliphatic carbocycles. The van der Waals surface area contributed by atoms with Crippen molar-refractivity contribution in [2.24, 2.45) is 5.14 Å². The van der Waals surface area contributed by atoms with Crippen LogP contribution < -0.4 is 5.14 Å². The van der Waals surface area contributed by atoms with Gasteiger partial charge in [0.15, 0.2) is 0 Å². The fourth-order valence-corrected chi connectivity index (χ4v) is 3.61. The second kappa shape index (κ2) is 6.01. The smallest absolute Gasteiger partial charge is 0.238 e. The van der Waals surface area contributed by atoms with Crippen LogP contribution in [-0.2, 0) is 10.0 Å². The first kappa shape index (κ1) is 16.4. The van der Waals surface area contributed by atoms with Crippen LogP contribution >= 0.6 is 0 Å². The highest BCUT2D eigenvalue weighted by atomic mass is 32.2. The van der Waals surface area contributed by atoms with E-state index in [1.807, 2.05) is 36.4 Å². The Morgan fingerprint density at radius 1 is 0.808 bits per heavy atom. The Balaban J connectivity index is 1.95. The Kier molecular flexibility index (Phi) is 3.79. The molecule has 0 saturated heterocycles. The molecule has 26 heavy (non-hydrogen) atoms. The second-order valence-electron chi connectivity index (χ2n) is 6.04. The third-order valence-corrected chi connectivity index (χ3v) is 5.26. The van der Waals surface area contributed by atoms with Crippen LogP contribution in [0.4, 0.5) is 0 Å². The topological polar surface area (TPSA) is 96.2 Å². The molecule has 0 fully saturated rings. The number of phenols is 1. The minimum absolute atomic E-state index is 0.0727. The first-order valence-electron chi connectivity index (χ1n) is 7.97. The number of aromatic nitrogens is 1. The number of H-pyrrole nitrogens is 1. The lowest BCUT2D eigenvalue weighted by Crippen LogP contribution is -2.11. The van der Waals surface area contributed by atoms with Crippen LogP contribution in [0.15, 0.2) is 77.7 Å². The average Bonchev–Trinajstić information content (AvgIpc) is 3.01. The number of fused-ring (bicyclic) bond motifs is 1. The summed E-state index contributed by atoms with van der Waals surface area (Å²) < 4.78 is 23.0. The Labute approximate surface area is 150 Å². The molecule has 1 aromatic heterocycles. The fraction of sp³-hybridized carbons (Fsp3) is 0. The zero-order valence-electron chi connectivity index (χ0n) is 13.7. The van der Waals surface area contributed by atoms with Gasteiger partial charge in [0, 0.05) is 16.5 Å². The van der Waals surface area contributed by atoms with E-state index in [1.54, 1.807) is 24.3 Å². The summed E-state index contributed by atoms with van der Waals surface area (Å²) in [6.45, 7) is 0. The van der Waals surface area contributed by atoms with Crippen molar-refractivity contribution in [2.75, 3.05) is 0 Å². The summed E-state index contributed by atoms with van der Waals surface area (Å²) >= 11 is 0. The Bertz CT molecular complexity index is 1190. The molecule has 0 unspecified atom stereocenters. The maximum atomic E-state index is 11.5. The van der Waals surface area contributed by atoms with Gasteiger partial charge in [0.1, 0.15) is 5.75 Å². The number of sulfonamides is 1. The van der Waals surface area contributed by atoms with E-state index in [0.717, 1.165) is 33.3 Å². The summed E-state index contributed by atoms with van der Waals surface area (Å²) in [4.78, 5) is 3.48. The van der Waals surface area contributed by atoms with Crippen molar-refractivity contribution in [3.8, 4) is 28.1 Å². The maximum Gasteiger partial charge on any atom is 0.238 e. The standard InChI is InChI=1S/C20H16N2O3S/c21-26(24,25)16-11-7-14(8-12-16)20-19(13-5-9-15(23)10-6-13)17-3-1-2-4-18(17)22-20/h1-12,22-23H,(H2,21,24,25). The SMILES string of the molecule is NS(=O)(=O)c1ccc(-c2[nH]c3ccccc3c2-c2ccc(O)cc2)cc1. The fourth-order valence-electron chi connectivity index (χ4n) is 3.10. The molecular weight excluding hydrogens is 348 g/mol. The molecule has 6 heteroatoms. The highest BCUT2D eigenvalue weighted by Gasteiger charge is 2.16. The lowest BCUT2D eigenvalue weighted by molar-refractivity contribution is 0.475. The van der Waals surface area contributed by atoms with E-state index >= 15 is 0 Å². The Morgan fingerprint density at radius 2 is 1.42 bits per heavy atom. The predicted octanol–water partition coefficient (Wildman–Crippen LogP) is 3.85. The van der Waals surface area contributed by atoms with E-state index in [1.165, 1.54) is 12.1 Å². The van der Waals surface area contributed by atoms with Gasteiger partial charge in [0.2, 0.25) is 10.0 Å². The lowest BCUT2D eigenvalue weighted by atomic mass is 9.98. The van der Waals surface area contributed by atoms with E-state index in [9.17, 15) is 13.5 Å². The van der Waals surface area contributed by atoms with Gasteiger partial charge >= 0.3 is 0 Å². The van der Waals surface area contributed by atoms with Gasteiger partial charge in [0.25, 0.3) is 0 Å². The minimum Gasteiger partial charge on any atom is -0.508 e. The highest BCUT2D eigenvalue weighted by molar-refractivity contribution is 7.89. The molecule has 4 rings (SSSR count). The normalized spacial score (nSPS) is 11.7. The summed E-state index contributed by atoms with van der Waals surface area (Å²) in [5.41, 5.74) is 4.63. The highest BCUT2D eigenvalue weighted by Crippen LogP contribution is 2.38. The summed E-state index contributed by atoms with van der Waals surface area (Å²) in [7, 11) is -3.73. The van der Waals surface area contributed by atoms with Crippen LogP contribution in [0.5, 0.6) is 5.75 Å². The van der Waals surface area contributed by atoms with Crippen LogP contribution in [0, 0.1) is 0 Å². The third-order valence-electron chi connectivity index (χ3n) is 4.33. The van der Waals surface area contributed by atoms with Crippen LogP contribution in [0.2, 0.25) is 0 Å². The predicted molar refractivity (Wildman–Crippen MR) is 102 cm³/mol. The first-order chi connectivity index (χ1) is 12.4. The third kappa shape index (κ3) is 2.85. The van der Waals surface area contributed by atoms with Gasteiger partial charge in [0.05, 0.1) is 10.6 Å². The number of hydrogen-bond donors (Lipinski definition) is 3. The molecule has 1 heterocycles. The Morgan fingerprint density at radius 3 is 2.08 bits per heavy atom. The zero-order valence-corrected chi connectivity index (χ0v) is 14.5. The van der Waals surface area contributed by atoms with Crippen molar-refractivity contribution in [2.45, 2.75) is 4.90 Å². The number of nitrogens with one attached hydrogen (secondary N) is 1. The number of rotatable bonds is 3. The van der Waals surface area contributed by atoms with Gasteiger partial charge in [-0.1, -0.05) is 42.5 Å². The van der Waals surface area contributed by atoms with Crippen molar-refractivity contribution in [3.63, 3.8) is 0 Å². The molecular formula is C20H16N2O3S. The molecule has 130 valence electrons. The van der Waals surface area contributed by atoms with Gasteiger partial charge in [-0.25, -0.2) is 13.6 Å². The molecule has 0 atom stereocenters. The van der Waals surface area contributed by atoms with E-state index in [4.69, 9.17) is 5.14 Å². The maximum absolute atomic E-state index is 11.5. The van der Waals surface area contributed by atoms with Crippen LogP contribution in [0.3, 0.4) is 0 Å². The van der Waals surface area contributed by atoms with Gasteiger partial charge in [-0.3, -0.25) is 0 Å². The molecule has 0 saturated carbocycles. The summed E-state index contributed by atoms with van der Waals surface area (Å²) in [6, 6.07) is 21.4. The van der Waals surface area contributed by atoms with E-state index in [2.05, 4.69) is 4.98 Å². The van der Waals surface area contributed by atoms with Gasteiger partial charge in [-0.2, -0.15) is 0 Å². The largest absolute Gasteiger partial charge is 0.508 e. The quantitative estimate of drug-likeness (QED) is 0.515. The lowest BCUT2D eigenvalue weighted by Gasteiger charge is -2.07. The van der Waals surface area contributed by atoms with E-state index in [0.29, 0.717) is 0 Å². The number of primary sulfonamides is 1. The second-order valence-corrected chi connectivity index (χ2v) is 7.60. The molecule has 0 radical (unpaired) electrons. The van der Waals surface area contributed by atoms with Crippen molar-refractivity contribution < 1.29 is 13.5 Å². The zero-order chi connectivity index (χ0) is 18.3. The van der Waals surface area contributed by atoms with Crippen molar-refractivity contribution >= 4 is 20.9 Å². The molecule has 4 aromatic rings. The number of aromatic amines is 1. The summed E-state index contributed by atoms with van der Waals surface area (Å²) in [5, 5.41) is 15.8.